The number of rotatable bonds is 5. The second kappa shape index (κ2) is 5.76. The summed E-state index contributed by atoms with van der Waals surface area (Å²) in [5.74, 6) is 1.02. The molecule has 6 nitrogen and oxygen atoms in total. The Kier molecular flexibility index (Phi) is 3.84. The minimum absolute atomic E-state index is 0.459. The van der Waals surface area contributed by atoms with E-state index in [2.05, 4.69) is 33.7 Å². The maximum Gasteiger partial charge on any atom is 0.157 e. The number of aromatic nitrogens is 3. The Balaban J connectivity index is 1.97. The number of hydrogen-bond acceptors (Lipinski definition) is 5. The predicted octanol–water partition coefficient (Wildman–Crippen LogP) is 1.21. The number of anilines is 1. The Hall–Kier alpha value is -1.66. The summed E-state index contributed by atoms with van der Waals surface area (Å²) >= 11 is 0. The molecule has 3 rings (SSSR count). The van der Waals surface area contributed by atoms with E-state index in [1.165, 1.54) is 0 Å². The average molecular weight is 275 g/mol. The monoisotopic (exact) mass is 275 g/mol. The molecule has 0 saturated carbocycles. The summed E-state index contributed by atoms with van der Waals surface area (Å²) in [5.41, 5.74) is 2.86. The molecule has 1 atom stereocenters. The van der Waals surface area contributed by atoms with E-state index in [1.54, 1.807) is 7.11 Å². The Morgan fingerprint density at radius 3 is 3.05 bits per heavy atom. The third kappa shape index (κ3) is 2.62. The first-order valence-corrected chi connectivity index (χ1v) is 7.15. The molecule has 2 N–H and O–H groups in total. The number of ether oxygens (including phenoxy) is 1. The van der Waals surface area contributed by atoms with Gasteiger partial charge in [-0.25, -0.2) is 4.98 Å². The van der Waals surface area contributed by atoms with E-state index in [0.717, 1.165) is 48.8 Å². The van der Waals surface area contributed by atoms with Gasteiger partial charge in [-0.15, -0.1) is 0 Å². The highest BCUT2D eigenvalue weighted by Gasteiger charge is 2.16. The summed E-state index contributed by atoms with van der Waals surface area (Å²) in [6.07, 6.45) is 2.05. The van der Waals surface area contributed by atoms with Gasteiger partial charge in [-0.2, -0.15) is 9.61 Å². The van der Waals surface area contributed by atoms with E-state index in [9.17, 15) is 0 Å². The van der Waals surface area contributed by atoms with Gasteiger partial charge in [0.15, 0.2) is 5.65 Å². The van der Waals surface area contributed by atoms with Gasteiger partial charge in [-0.05, 0) is 19.4 Å². The van der Waals surface area contributed by atoms with E-state index in [0.29, 0.717) is 12.6 Å². The molecule has 0 radical (unpaired) electrons. The van der Waals surface area contributed by atoms with Crippen LogP contribution >= 0.6 is 0 Å². The Labute approximate surface area is 118 Å². The molecule has 3 heterocycles. The average Bonchev–Trinajstić information content (AvgIpc) is 3.08. The molecular weight excluding hydrogens is 254 g/mol. The van der Waals surface area contributed by atoms with Crippen molar-refractivity contribution >= 4 is 11.5 Å². The van der Waals surface area contributed by atoms with Crippen LogP contribution in [0.2, 0.25) is 0 Å². The van der Waals surface area contributed by atoms with E-state index >= 15 is 0 Å². The fraction of sp³-hybridized carbons (Fsp3) is 0.571. The lowest BCUT2D eigenvalue weighted by molar-refractivity contribution is 0.181. The van der Waals surface area contributed by atoms with Gasteiger partial charge < -0.3 is 15.4 Å². The second-order valence-electron chi connectivity index (χ2n) is 5.16. The van der Waals surface area contributed by atoms with Crippen LogP contribution in [0.5, 0.6) is 0 Å². The largest absolute Gasteiger partial charge is 0.378 e. The zero-order valence-electron chi connectivity index (χ0n) is 12.0. The molecule has 2 aromatic heterocycles. The van der Waals surface area contributed by atoms with Crippen molar-refractivity contribution in [1.29, 1.82) is 0 Å². The molecule has 1 aliphatic heterocycles. The topological polar surface area (TPSA) is 63.5 Å². The van der Waals surface area contributed by atoms with E-state index < -0.39 is 0 Å². The molecule has 0 aromatic carbocycles. The smallest absolute Gasteiger partial charge is 0.157 e. The summed E-state index contributed by atoms with van der Waals surface area (Å²) in [6.45, 7) is 4.69. The number of methoxy groups -OCH3 is 1. The van der Waals surface area contributed by atoms with Gasteiger partial charge in [0.1, 0.15) is 5.82 Å². The first kappa shape index (κ1) is 13.3. The normalized spacial score (nSPS) is 18.8. The third-order valence-corrected chi connectivity index (χ3v) is 3.60. The van der Waals surface area contributed by atoms with Crippen molar-refractivity contribution in [2.75, 3.05) is 25.5 Å². The van der Waals surface area contributed by atoms with Crippen LogP contribution in [0.3, 0.4) is 0 Å². The molecule has 0 bridgehead atoms. The standard InChI is InChI=1S/C14H21N5O/c1-3-10-6-13(17-11-4-5-15-8-11)19-14(16-10)7-12(18-19)9-20-2/h6-7,11,15,17H,3-5,8-9H2,1-2H3. The van der Waals surface area contributed by atoms with Gasteiger partial charge in [0.05, 0.1) is 12.3 Å². The van der Waals surface area contributed by atoms with Gasteiger partial charge >= 0.3 is 0 Å². The molecular formula is C14H21N5O. The quantitative estimate of drug-likeness (QED) is 0.859. The van der Waals surface area contributed by atoms with Crippen molar-refractivity contribution in [3.05, 3.63) is 23.5 Å². The van der Waals surface area contributed by atoms with Crippen molar-refractivity contribution in [1.82, 2.24) is 19.9 Å². The lowest BCUT2D eigenvalue weighted by Crippen LogP contribution is -2.24. The third-order valence-electron chi connectivity index (χ3n) is 3.60. The van der Waals surface area contributed by atoms with Crippen LogP contribution in [0.1, 0.15) is 24.7 Å². The molecule has 2 aromatic rings. The van der Waals surface area contributed by atoms with Crippen molar-refractivity contribution < 1.29 is 4.74 Å². The number of nitrogens with one attached hydrogen (secondary N) is 2. The van der Waals surface area contributed by atoms with Crippen LogP contribution < -0.4 is 10.6 Å². The number of fused-ring (bicyclic) bond motifs is 1. The van der Waals surface area contributed by atoms with Gasteiger partial charge in [-0.1, -0.05) is 6.92 Å². The van der Waals surface area contributed by atoms with Crippen molar-refractivity contribution in [2.24, 2.45) is 0 Å². The number of aryl methyl sites for hydroxylation is 1. The van der Waals surface area contributed by atoms with Crippen LogP contribution in [0.4, 0.5) is 5.82 Å². The lowest BCUT2D eigenvalue weighted by Gasteiger charge is -2.14. The van der Waals surface area contributed by atoms with Gasteiger partial charge in [0.2, 0.25) is 0 Å². The molecule has 1 unspecified atom stereocenters. The Morgan fingerprint density at radius 2 is 2.35 bits per heavy atom. The van der Waals surface area contributed by atoms with Crippen LogP contribution in [0.15, 0.2) is 12.1 Å². The van der Waals surface area contributed by atoms with E-state index in [4.69, 9.17) is 4.74 Å². The fourth-order valence-electron chi connectivity index (χ4n) is 2.56. The lowest BCUT2D eigenvalue weighted by atomic mass is 10.2. The number of hydrogen-bond donors (Lipinski definition) is 2. The van der Waals surface area contributed by atoms with Crippen LogP contribution in [0.25, 0.3) is 5.65 Å². The SMILES string of the molecule is CCc1cc(NC2CCNC2)n2nc(COC)cc2n1. The summed E-state index contributed by atoms with van der Waals surface area (Å²) in [4.78, 5) is 4.62. The van der Waals surface area contributed by atoms with Crippen molar-refractivity contribution in [2.45, 2.75) is 32.4 Å². The van der Waals surface area contributed by atoms with Crippen molar-refractivity contribution in [3.63, 3.8) is 0 Å². The predicted molar refractivity (Wildman–Crippen MR) is 78.0 cm³/mol. The zero-order chi connectivity index (χ0) is 13.9. The first-order valence-electron chi connectivity index (χ1n) is 7.15. The highest BCUT2D eigenvalue weighted by Crippen LogP contribution is 2.17. The van der Waals surface area contributed by atoms with Crippen LogP contribution in [-0.4, -0.2) is 40.8 Å². The summed E-state index contributed by atoms with van der Waals surface area (Å²) < 4.78 is 7.03. The molecule has 0 spiro atoms. The zero-order valence-corrected chi connectivity index (χ0v) is 12.0. The maximum atomic E-state index is 5.15. The van der Waals surface area contributed by atoms with E-state index in [1.807, 2.05) is 10.6 Å². The molecule has 0 aliphatic carbocycles. The highest BCUT2D eigenvalue weighted by molar-refractivity contribution is 5.51. The Bertz CT molecular complexity index is 589. The first-order chi connectivity index (χ1) is 9.80. The van der Waals surface area contributed by atoms with E-state index in [-0.39, 0.29) is 0 Å². The molecule has 0 amide bonds. The molecule has 20 heavy (non-hydrogen) atoms. The molecule has 108 valence electrons. The van der Waals surface area contributed by atoms with Gasteiger partial charge in [0, 0.05) is 37.5 Å². The Morgan fingerprint density at radius 1 is 1.45 bits per heavy atom. The molecule has 1 aliphatic rings. The fourth-order valence-corrected chi connectivity index (χ4v) is 2.56. The van der Waals surface area contributed by atoms with Crippen LogP contribution in [-0.2, 0) is 17.8 Å². The van der Waals surface area contributed by atoms with Gasteiger partial charge in [0.25, 0.3) is 0 Å². The maximum absolute atomic E-state index is 5.15. The number of nitrogens with zero attached hydrogens (tertiary/aromatic N) is 3. The summed E-state index contributed by atoms with van der Waals surface area (Å²) in [6, 6.07) is 4.54. The summed E-state index contributed by atoms with van der Waals surface area (Å²) in [5, 5.41) is 11.5. The summed E-state index contributed by atoms with van der Waals surface area (Å²) in [7, 11) is 1.68. The molecule has 1 saturated heterocycles. The van der Waals surface area contributed by atoms with Gasteiger partial charge in [-0.3, -0.25) is 0 Å². The molecule has 1 fully saturated rings. The van der Waals surface area contributed by atoms with Crippen LogP contribution in [0, 0.1) is 0 Å². The van der Waals surface area contributed by atoms with Crippen molar-refractivity contribution in [3.8, 4) is 0 Å². The molecule has 6 heteroatoms. The second-order valence-corrected chi connectivity index (χ2v) is 5.16. The highest BCUT2D eigenvalue weighted by atomic mass is 16.5. The minimum Gasteiger partial charge on any atom is -0.378 e. The minimum atomic E-state index is 0.459.